The van der Waals surface area contributed by atoms with Gasteiger partial charge in [0, 0.05) is 31.4 Å². The largest absolute Gasteiger partial charge is 0.496 e. The molecule has 0 aliphatic rings. The zero-order chi connectivity index (χ0) is 25.1. The highest BCUT2D eigenvalue weighted by molar-refractivity contribution is 5.97. The normalized spacial score (nSPS) is 11.7. The molecule has 0 radical (unpaired) electrons. The molecule has 1 aromatic carbocycles. The maximum atomic E-state index is 12.9. The van der Waals surface area contributed by atoms with Crippen LogP contribution in [-0.2, 0) is 18.4 Å². The molecule has 0 bridgehead atoms. The smallest absolute Gasteiger partial charge is 0.264 e. The topological polar surface area (TPSA) is 84.6 Å². The van der Waals surface area contributed by atoms with Gasteiger partial charge in [0.25, 0.3) is 11.5 Å². The third-order valence-corrected chi connectivity index (χ3v) is 5.52. The van der Waals surface area contributed by atoms with Crippen molar-refractivity contribution < 1.29 is 14.3 Å². The van der Waals surface area contributed by atoms with Crippen LogP contribution >= 0.6 is 0 Å². The number of aryl methyl sites for hydroxylation is 1. The molecule has 2 rings (SSSR count). The Kier molecular flexibility index (Phi) is 7.76. The van der Waals surface area contributed by atoms with E-state index < -0.39 is 0 Å². The third-order valence-electron chi connectivity index (χ3n) is 5.52. The molecule has 7 nitrogen and oxygen atoms in total. The second-order valence-electron chi connectivity index (χ2n) is 9.27. The van der Waals surface area contributed by atoms with Crippen molar-refractivity contribution in [2.45, 2.75) is 41.2 Å². The number of likely N-dealkylation sites (N-methyl/N-ethyl adjacent to an activating group) is 1. The van der Waals surface area contributed by atoms with E-state index in [-0.39, 0.29) is 29.0 Å². The summed E-state index contributed by atoms with van der Waals surface area (Å²) in [6.07, 6.45) is 3.47. The van der Waals surface area contributed by atoms with Gasteiger partial charge in [0.1, 0.15) is 23.1 Å². The van der Waals surface area contributed by atoms with Crippen LogP contribution in [0.3, 0.4) is 0 Å². The number of amides is 1. The second kappa shape index (κ2) is 9.95. The van der Waals surface area contributed by atoms with Crippen molar-refractivity contribution in [3.63, 3.8) is 0 Å². The Labute approximate surface area is 195 Å². The molecule has 0 aliphatic carbocycles. The molecule has 0 N–H and O–H groups in total. The first-order chi connectivity index (χ1) is 15.3. The number of benzene rings is 1. The van der Waals surface area contributed by atoms with Crippen LogP contribution in [0.25, 0.3) is 11.1 Å². The fourth-order valence-electron chi connectivity index (χ4n) is 3.65. The average Bonchev–Trinajstić information content (AvgIpc) is 2.77. The zero-order valence-electron chi connectivity index (χ0n) is 21.0. The van der Waals surface area contributed by atoms with Crippen molar-refractivity contribution in [2.24, 2.45) is 12.5 Å². The highest BCUT2D eigenvalue weighted by Crippen LogP contribution is 2.37. The molecule has 1 aromatic heterocycles. The van der Waals surface area contributed by atoms with Crippen molar-refractivity contribution in [1.29, 1.82) is 5.26 Å². The van der Waals surface area contributed by atoms with E-state index in [9.17, 15) is 14.9 Å². The SMILES string of the molecule is COc1cc(-c2cn(C)c(=O)c(C)c2C)cc(OC)c1CN(C)C(=O)/C(C#N)=C/C(C)(C)C. The highest BCUT2D eigenvalue weighted by atomic mass is 16.5. The molecule has 0 saturated carbocycles. The number of methoxy groups -OCH3 is 2. The first-order valence-corrected chi connectivity index (χ1v) is 10.6. The van der Waals surface area contributed by atoms with Gasteiger partial charge in [-0.05, 0) is 42.5 Å². The summed E-state index contributed by atoms with van der Waals surface area (Å²) in [5.41, 5.74) is 3.73. The number of carbonyl (C=O) groups is 1. The summed E-state index contributed by atoms with van der Waals surface area (Å²) in [6.45, 7) is 9.72. The van der Waals surface area contributed by atoms with Crippen LogP contribution in [0.1, 0.15) is 37.5 Å². The number of pyridine rings is 1. The lowest BCUT2D eigenvalue weighted by atomic mass is 9.93. The minimum absolute atomic E-state index is 0.0384. The van der Waals surface area contributed by atoms with E-state index in [1.807, 2.05) is 52.8 Å². The summed E-state index contributed by atoms with van der Waals surface area (Å²) in [6, 6.07) is 5.76. The predicted octanol–water partition coefficient (Wildman–Crippen LogP) is 4.14. The summed E-state index contributed by atoms with van der Waals surface area (Å²) in [5.74, 6) is 0.728. The number of nitrogens with zero attached hydrogens (tertiary/aromatic N) is 3. The quantitative estimate of drug-likeness (QED) is 0.487. The Hall–Kier alpha value is -3.53. The molecule has 176 valence electrons. The monoisotopic (exact) mass is 451 g/mol. The van der Waals surface area contributed by atoms with Crippen LogP contribution in [0.4, 0.5) is 0 Å². The van der Waals surface area contributed by atoms with Crippen LogP contribution in [0.5, 0.6) is 11.5 Å². The highest BCUT2D eigenvalue weighted by Gasteiger charge is 2.22. The summed E-state index contributed by atoms with van der Waals surface area (Å²) in [4.78, 5) is 26.7. The lowest BCUT2D eigenvalue weighted by Crippen LogP contribution is -2.28. The number of rotatable bonds is 6. The Bertz CT molecular complexity index is 1170. The van der Waals surface area contributed by atoms with E-state index in [1.165, 1.54) is 4.90 Å². The molecule has 33 heavy (non-hydrogen) atoms. The molecule has 0 fully saturated rings. The molecule has 7 heteroatoms. The summed E-state index contributed by atoms with van der Waals surface area (Å²) in [5, 5.41) is 9.49. The van der Waals surface area contributed by atoms with E-state index in [0.29, 0.717) is 22.6 Å². The van der Waals surface area contributed by atoms with Crippen LogP contribution < -0.4 is 15.0 Å². The first-order valence-electron chi connectivity index (χ1n) is 10.6. The van der Waals surface area contributed by atoms with Crippen molar-refractivity contribution in [2.75, 3.05) is 21.3 Å². The van der Waals surface area contributed by atoms with Crippen LogP contribution in [-0.4, -0.2) is 36.6 Å². The number of nitriles is 1. The zero-order valence-corrected chi connectivity index (χ0v) is 21.0. The van der Waals surface area contributed by atoms with Crippen LogP contribution in [0, 0.1) is 30.6 Å². The van der Waals surface area contributed by atoms with E-state index in [0.717, 1.165) is 16.7 Å². The Morgan fingerprint density at radius 1 is 1.15 bits per heavy atom. The summed E-state index contributed by atoms with van der Waals surface area (Å²) >= 11 is 0. The van der Waals surface area contributed by atoms with Gasteiger partial charge in [-0.2, -0.15) is 5.26 Å². The molecule has 0 spiro atoms. The maximum Gasteiger partial charge on any atom is 0.264 e. The fourth-order valence-corrected chi connectivity index (χ4v) is 3.65. The predicted molar refractivity (Wildman–Crippen MR) is 129 cm³/mol. The minimum atomic E-state index is -0.370. The van der Waals surface area contributed by atoms with Gasteiger partial charge in [-0.15, -0.1) is 0 Å². The average molecular weight is 452 g/mol. The van der Waals surface area contributed by atoms with Gasteiger partial charge >= 0.3 is 0 Å². The fraction of sp³-hybridized carbons (Fsp3) is 0.423. The molecule has 0 saturated heterocycles. The van der Waals surface area contributed by atoms with E-state index >= 15 is 0 Å². The van der Waals surface area contributed by atoms with Gasteiger partial charge in [-0.25, -0.2) is 0 Å². The number of aromatic nitrogens is 1. The molecule has 0 unspecified atom stereocenters. The first kappa shape index (κ1) is 25.7. The van der Waals surface area contributed by atoms with Crippen molar-refractivity contribution >= 4 is 5.91 Å². The van der Waals surface area contributed by atoms with Crippen molar-refractivity contribution in [1.82, 2.24) is 9.47 Å². The van der Waals surface area contributed by atoms with Crippen LogP contribution in [0.15, 0.2) is 34.8 Å². The van der Waals surface area contributed by atoms with E-state index in [2.05, 4.69) is 0 Å². The lowest BCUT2D eigenvalue weighted by molar-refractivity contribution is -0.126. The summed E-state index contributed by atoms with van der Waals surface area (Å²) < 4.78 is 12.9. The lowest BCUT2D eigenvalue weighted by Gasteiger charge is -2.22. The number of hydrogen-bond acceptors (Lipinski definition) is 5. The Morgan fingerprint density at radius 3 is 2.15 bits per heavy atom. The van der Waals surface area contributed by atoms with Gasteiger partial charge < -0.3 is 18.9 Å². The third kappa shape index (κ3) is 5.64. The minimum Gasteiger partial charge on any atom is -0.496 e. The van der Waals surface area contributed by atoms with Gasteiger partial charge in [0.05, 0.1) is 26.3 Å². The molecule has 0 atom stereocenters. The number of allylic oxidation sites excluding steroid dienone is 1. The molecule has 1 amide bonds. The number of ether oxygens (including phenoxy) is 2. The molecule has 1 heterocycles. The molecular weight excluding hydrogens is 418 g/mol. The Morgan fingerprint density at radius 2 is 1.70 bits per heavy atom. The maximum absolute atomic E-state index is 12.9. The van der Waals surface area contributed by atoms with Gasteiger partial charge in [0.15, 0.2) is 0 Å². The summed E-state index contributed by atoms with van der Waals surface area (Å²) in [7, 11) is 6.48. The van der Waals surface area contributed by atoms with E-state index in [4.69, 9.17) is 9.47 Å². The Balaban J connectivity index is 2.55. The number of hydrogen-bond donors (Lipinski definition) is 0. The second-order valence-corrected chi connectivity index (χ2v) is 9.27. The van der Waals surface area contributed by atoms with Crippen molar-refractivity contribution in [3.05, 3.63) is 57.0 Å². The van der Waals surface area contributed by atoms with E-state index in [1.54, 1.807) is 45.2 Å². The molecule has 0 aliphatic heterocycles. The molecule has 2 aromatic rings. The van der Waals surface area contributed by atoms with Crippen LogP contribution in [0.2, 0.25) is 0 Å². The molecular formula is C26H33N3O4. The van der Waals surface area contributed by atoms with Gasteiger partial charge in [-0.3, -0.25) is 9.59 Å². The standard InChI is InChI=1S/C26H33N3O4/c1-16-17(2)24(30)28(6)14-20(16)18-10-22(32-8)21(23(11-18)33-9)15-29(7)25(31)19(13-27)12-26(3,4)5/h10-12,14H,15H2,1-9H3/b19-12+. The number of carbonyl (C=O) groups excluding carboxylic acids is 1. The van der Waals surface area contributed by atoms with Gasteiger partial charge in [-0.1, -0.05) is 26.8 Å². The van der Waals surface area contributed by atoms with Crippen molar-refractivity contribution in [3.8, 4) is 28.7 Å². The van der Waals surface area contributed by atoms with Gasteiger partial charge in [0.2, 0.25) is 0 Å².